The maximum absolute atomic E-state index is 14.5. The van der Waals surface area contributed by atoms with E-state index < -0.39 is 20.7 Å². The summed E-state index contributed by atoms with van der Waals surface area (Å²) in [6.45, 7) is -0.0914. The molecule has 0 bridgehead atoms. The predicted molar refractivity (Wildman–Crippen MR) is 222 cm³/mol. The molecular formula is C37H34Cl8NO7P. The number of para-hydroxylation sites is 1. The fourth-order valence-corrected chi connectivity index (χ4v) is 7.73. The van der Waals surface area contributed by atoms with Gasteiger partial charge in [0.25, 0.3) is 0 Å². The minimum absolute atomic E-state index is 0.0757. The highest BCUT2D eigenvalue weighted by Gasteiger charge is 2.35. The van der Waals surface area contributed by atoms with Crippen molar-refractivity contribution >= 4 is 112 Å². The van der Waals surface area contributed by atoms with E-state index >= 15 is 0 Å². The van der Waals surface area contributed by atoms with Gasteiger partial charge in [-0.05, 0) is 80.5 Å². The molecule has 0 aromatic heterocycles. The van der Waals surface area contributed by atoms with Crippen LogP contribution in [0.2, 0.25) is 30.1 Å². The lowest BCUT2D eigenvalue weighted by atomic mass is 10.0. The van der Waals surface area contributed by atoms with Crippen LogP contribution in [0.4, 0.5) is 0 Å². The average molecular weight is 919 g/mol. The van der Waals surface area contributed by atoms with Crippen molar-refractivity contribution in [3.8, 4) is 11.5 Å². The van der Waals surface area contributed by atoms with Crippen molar-refractivity contribution in [3.63, 3.8) is 0 Å². The third kappa shape index (κ3) is 13.0. The first-order chi connectivity index (χ1) is 25.7. The predicted octanol–water partition coefficient (Wildman–Crippen LogP) is 13.3. The van der Waals surface area contributed by atoms with Crippen LogP contribution in [0.3, 0.4) is 0 Å². The van der Waals surface area contributed by atoms with E-state index in [9.17, 15) is 4.57 Å². The standard InChI is InChI=1S/C37H34Cl8NO7P/c1-46(2)20-26(21-49-35-10-5-4-8-24(35)12-11-23-7-6-9-25(13-23)48-3)50-22-51-54(47,52-36(18-38)27-14-31(42)33(44)16-29(27)40)53-37(19-39)28-15-32(43)34(45)17-30(28)41/h4-10,13-19,26H,11-12,20-22H2,1-3H3/b36-18+,37-19+/t26-/m0/s1. The Hall–Kier alpha value is -2.01. The van der Waals surface area contributed by atoms with Crippen LogP contribution < -0.4 is 9.47 Å². The summed E-state index contributed by atoms with van der Waals surface area (Å²) in [7, 11) is 0.606. The average Bonchev–Trinajstić information content (AvgIpc) is 3.14. The van der Waals surface area contributed by atoms with Gasteiger partial charge in [-0.3, -0.25) is 0 Å². The summed E-state index contributed by atoms with van der Waals surface area (Å²) in [6, 6.07) is 21.1. The van der Waals surface area contributed by atoms with E-state index in [1.54, 1.807) is 7.11 Å². The molecule has 0 radical (unpaired) electrons. The molecule has 17 heteroatoms. The van der Waals surface area contributed by atoms with Crippen LogP contribution in [-0.4, -0.2) is 52.2 Å². The maximum Gasteiger partial charge on any atom is 0.589 e. The zero-order valence-corrected chi connectivity index (χ0v) is 35.9. The van der Waals surface area contributed by atoms with Crippen molar-refractivity contribution in [1.29, 1.82) is 0 Å². The minimum Gasteiger partial charge on any atom is -0.497 e. The zero-order valence-electron chi connectivity index (χ0n) is 29.0. The molecular weight excluding hydrogens is 885 g/mol. The van der Waals surface area contributed by atoms with Crippen LogP contribution in [0.5, 0.6) is 11.5 Å². The van der Waals surface area contributed by atoms with Crippen LogP contribution in [0.15, 0.2) is 83.9 Å². The van der Waals surface area contributed by atoms with Crippen molar-refractivity contribution in [2.75, 3.05) is 41.1 Å². The molecule has 0 aliphatic rings. The van der Waals surface area contributed by atoms with Crippen molar-refractivity contribution in [2.24, 2.45) is 0 Å². The van der Waals surface area contributed by atoms with Crippen molar-refractivity contribution in [2.45, 2.75) is 18.9 Å². The van der Waals surface area contributed by atoms with E-state index in [1.165, 1.54) is 24.3 Å². The Morgan fingerprint density at radius 2 is 1.31 bits per heavy atom. The number of ether oxygens (including phenoxy) is 3. The number of aryl methyl sites for hydroxylation is 2. The number of rotatable bonds is 19. The molecule has 0 fully saturated rings. The largest absolute Gasteiger partial charge is 0.589 e. The molecule has 0 aliphatic carbocycles. The molecule has 0 saturated carbocycles. The zero-order chi connectivity index (χ0) is 39.4. The van der Waals surface area contributed by atoms with Gasteiger partial charge in [-0.1, -0.05) is 123 Å². The van der Waals surface area contributed by atoms with Crippen molar-refractivity contribution < 1.29 is 32.3 Å². The van der Waals surface area contributed by atoms with Gasteiger partial charge < -0.3 is 28.2 Å². The Bertz CT molecular complexity index is 1930. The van der Waals surface area contributed by atoms with E-state index in [0.29, 0.717) is 12.3 Å². The lowest BCUT2D eigenvalue weighted by Crippen LogP contribution is -2.34. The molecule has 4 aromatic rings. The van der Waals surface area contributed by atoms with Gasteiger partial charge in [0.15, 0.2) is 18.3 Å². The van der Waals surface area contributed by atoms with Crippen LogP contribution in [-0.2, 0) is 35.7 Å². The molecule has 0 heterocycles. The Kier molecular flexibility index (Phi) is 17.8. The summed E-state index contributed by atoms with van der Waals surface area (Å²) >= 11 is 49.8. The summed E-state index contributed by atoms with van der Waals surface area (Å²) in [6.07, 6.45) is 0.915. The van der Waals surface area contributed by atoms with Gasteiger partial charge in [-0.15, -0.1) is 0 Å². The molecule has 8 nitrogen and oxygen atoms in total. The number of likely N-dealkylation sites (N-methyl/N-ethyl adjacent to an activating group) is 1. The molecule has 54 heavy (non-hydrogen) atoms. The highest BCUT2D eigenvalue weighted by Crippen LogP contribution is 2.57. The van der Waals surface area contributed by atoms with E-state index in [4.69, 9.17) is 121 Å². The van der Waals surface area contributed by atoms with Gasteiger partial charge in [-0.25, -0.2) is 9.09 Å². The molecule has 0 amide bonds. The van der Waals surface area contributed by atoms with Crippen LogP contribution in [0.1, 0.15) is 22.3 Å². The third-order valence-corrected chi connectivity index (χ3v) is 11.2. The molecule has 290 valence electrons. The molecule has 1 atom stereocenters. The first-order valence-corrected chi connectivity index (χ1v) is 20.5. The fourth-order valence-electron chi connectivity index (χ4n) is 4.88. The second kappa shape index (κ2) is 21.5. The lowest BCUT2D eigenvalue weighted by molar-refractivity contribution is -0.0686. The number of halogens is 8. The normalized spacial score (nSPS) is 12.9. The van der Waals surface area contributed by atoms with Gasteiger partial charge in [0.1, 0.15) is 24.2 Å². The van der Waals surface area contributed by atoms with Crippen molar-refractivity contribution in [1.82, 2.24) is 4.90 Å². The first-order valence-electron chi connectivity index (χ1n) is 15.9. The SMILES string of the molecule is COc1cccc(CCc2ccccc2OC[C@H](CN(C)C)OCOP(=O)(O/C(=C/Cl)c2cc(Cl)c(Cl)cc2Cl)O/C(=C/Cl)c2cc(Cl)c(Cl)cc2Cl)c1. The summed E-state index contributed by atoms with van der Waals surface area (Å²) in [5.41, 5.74) is 4.33. The Morgan fingerprint density at radius 1 is 0.741 bits per heavy atom. The van der Waals surface area contributed by atoms with Crippen LogP contribution in [0.25, 0.3) is 11.5 Å². The molecule has 0 saturated heterocycles. The maximum atomic E-state index is 14.5. The summed E-state index contributed by atoms with van der Waals surface area (Å²) < 4.78 is 49.5. The number of hydrogen-bond acceptors (Lipinski definition) is 8. The molecule has 0 N–H and O–H groups in total. The number of phosphoric ester groups is 1. The summed E-state index contributed by atoms with van der Waals surface area (Å²) in [5, 5.41) is 0.719. The highest BCUT2D eigenvalue weighted by atomic mass is 35.5. The minimum atomic E-state index is -4.77. The molecule has 0 unspecified atom stereocenters. The molecule has 0 aliphatic heterocycles. The number of phosphoric acid groups is 1. The van der Waals surface area contributed by atoms with Crippen LogP contribution in [0, 0.1) is 0 Å². The van der Waals surface area contributed by atoms with Crippen LogP contribution >= 0.6 is 101 Å². The van der Waals surface area contributed by atoms with Gasteiger partial charge in [-0.2, -0.15) is 0 Å². The number of methoxy groups -OCH3 is 1. The van der Waals surface area contributed by atoms with Gasteiger partial charge in [0.2, 0.25) is 0 Å². The number of nitrogens with zero attached hydrogens (tertiary/aromatic N) is 1. The lowest BCUT2D eigenvalue weighted by Gasteiger charge is -2.25. The molecule has 4 rings (SSSR count). The summed E-state index contributed by atoms with van der Waals surface area (Å²) in [5.74, 6) is 1.01. The van der Waals surface area contributed by atoms with Gasteiger partial charge in [0, 0.05) is 28.7 Å². The first kappa shape index (κ1) is 44.7. The Labute approximate surface area is 354 Å². The van der Waals surface area contributed by atoms with Gasteiger partial charge >= 0.3 is 7.82 Å². The quantitative estimate of drug-likeness (QED) is 0.0398. The summed E-state index contributed by atoms with van der Waals surface area (Å²) in [4.78, 5) is 1.90. The van der Waals surface area contributed by atoms with E-state index in [-0.39, 0.29) is 59.4 Å². The Morgan fingerprint density at radius 3 is 1.87 bits per heavy atom. The third-order valence-electron chi connectivity index (χ3n) is 7.47. The number of hydrogen-bond donors (Lipinski definition) is 0. The van der Waals surface area contributed by atoms with E-state index in [0.717, 1.165) is 40.8 Å². The highest BCUT2D eigenvalue weighted by molar-refractivity contribution is 7.49. The van der Waals surface area contributed by atoms with Gasteiger partial charge in [0.05, 0.1) is 37.2 Å². The smallest absolute Gasteiger partial charge is 0.497 e. The van der Waals surface area contributed by atoms with Crippen molar-refractivity contribution in [3.05, 3.63) is 136 Å². The second-order valence-electron chi connectivity index (χ2n) is 11.6. The molecule has 4 aromatic carbocycles. The second-order valence-corrected chi connectivity index (χ2v) is 16.0. The van der Waals surface area contributed by atoms with E-state index in [1.807, 2.05) is 61.5 Å². The monoisotopic (exact) mass is 915 g/mol. The Balaban J connectivity index is 1.54. The fraction of sp³-hybridized carbons (Fsp3) is 0.243. The molecule has 0 spiro atoms. The van der Waals surface area contributed by atoms with E-state index in [2.05, 4.69) is 6.07 Å². The number of benzene rings is 4. The topological polar surface area (TPSA) is 75.7 Å².